The Kier molecular flexibility index (Phi) is 5.07. The van der Waals surface area contributed by atoms with Gasteiger partial charge in [-0.05, 0) is 38.1 Å². The smallest absolute Gasteiger partial charge is 0.290 e. The monoisotopic (exact) mass is 349 g/mol. The molecule has 5 heteroatoms. The predicted octanol–water partition coefficient (Wildman–Crippen LogP) is 4.42. The van der Waals surface area contributed by atoms with Gasteiger partial charge in [0.1, 0.15) is 5.82 Å². The van der Waals surface area contributed by atoms with Gasteiger partial charge < -0.3 is 13.9 Å². The number of imidazole rings is 1. The Bertz CT molecular complexity index is 951. The first-order valence-electron chi connectivity index (χ1n) is 8.51. The van der Waals surface area contributed by atoms with E-state index in [9.17, 15) is 4.79 Å². The van der Waals surface area contributed by atoms with Gasteiger partial charge in [-0.3, -0.25) is 4.79 Å². The van der Waals surface area contributed by atoms with Gasteiger partial charge >= 0.3 is 0 Å². The highest BCUT2D eigenvalue weighted by Gasteiger charge is 2.21. The van der Waals surface area contributed by atoms with E-state index in [1.807, 2.05) is 38.1 Å². The summed E-state index contributed by atoms with van der Waals surface area (Å²) in [5.74, 6) is 0.955. The summed E-state index contributed by atoms with van der Waals surface area (Å²) in [5, 5.41) is 0. The van der Waals surface area contributed by atoms with Crippen LogP contribution in [-0.4, -0.2) is 26.9 Å². The summed E-state index contributed by atoms with van der Waals surface area (Å²) in [4.78, 5) is 19.3. The number of para-hydroxylation sites is 2. The minimum atomic E-state index is -0.174. The van der Waals surface area contributed by atoms with Gasteiger partial charge in [0.2, 0.25) is 0 Å². The molecule has 2 heterocycles. The van der Waals surface area contributed by atoms with Crippen LogP contribution in [0.1, 0.15) is 30.2 Å². The second-order valence-corrected chi connectivity index (χ2v) is 6.66. The van der Waals surface area contributed by atoms with Crippen LogP contribution < -0.4 is 0 Å². The van der Waals surface area contributed by atoms with Crippen molar-refractivity contribution >= 4 is 16.9 Å². The van der Waals surface area contributed by atoms with Crippen LogP contribution in [0.25, 0.3) is 11.0 Å². The maximum Gasteiger partial charge on any atom is 0.290 e. The number of amides is 1. The molecule has 26 heavy (non-hydrogen) atoms. The van der Waals surface area contributed by atoms with Crippen LogP contribution in [0.4, 0.5) is 0 Å². The normalized spacial score (nSPS) is 10.8. The minimum Gasteiger partial charge on any atom is -0.459 e. The Morgan fingerprint density at radius 3 is 2.58 bits per heavy atom. The highest BCUT2D eigenvalue weighted by Crippen LogP contribution is 2.20. The topological polar surface area (TPSA) is 51.3 Å². The number of carbonyl (C=O) groups excluding carboxylic acids is 1. The van der Waals surface area contributed by atoms with Crippen LogP contribution in [0.15, 0.2) is 71.4 Å². The van der Waals surface area contributed by atoms with Crippen molar-refractivity contribution in [2.75, 3.05) is 6.54 Å². The van der Waals surface area contributed by atoms with E-state index >= 15 is 0 Å². The zero-order valence-corrected chi connectivity index (χ0v) is 15.2. The summed E-state index contributed by atoms with van der Waals surface area (Å²) < 4.78 is 7.40. The average Bonchev–Trinajstić information content (AvgIpc) is 3.22. The molecule has 0 spiro atoms. The minimum absolute atomic E-state index is 0.174. The fourth-order valence-electron chi connectivity index (χ4n) is 2.94. The number of fused-ring (bicyclic) bond motifs is 1. The molecule has 0 atom stereocenters. The lowest BCUT2D eigenvalue weighted by atomic mass is 10.2. The van der Waals surface area contributed by atoms with E-state index in [2.05, 4.69) is 17.7 Å². The van der Waals surface area contributed by atoms with Gasteiger partial charge in [-0.15, -0.1) is 0 Å². The van der Waals surface area contributed by atoms with Crippen molar-refractivity contribution in [1.29, 1.82) is 0 Å². The maximum atomic E-state index is 12.8. The number of benzene rings is 1. The molecule has 2 aromatic heterocycles. The van der Waals surface area contributed by atoms with Gasteiger partial charge in [-0.25, -0.2) is 4.98 Å². The quantitative estimate of drug-likeness (QED) is 0.593. The van der Waals surface area contributed by atoms with Gasteiger partial charge in [0, 0.05) is 13.1 Å². The molecule has 1 aromatic carbocycles. The van der Waals surface area contributed by atoms with Crippen molar-refractivity contribution < 1.29 is 9.21 Å². The van der Waals surface area contributed by atoms with Crippen LogP contribution in [-0.2, 0) is 13.1 Å². The van der Waals surface area contributed by atoms with E-state index in [1.165, 1.54) is 6.26 Å². The molecule has 134 valence electrons. The largest absolute Gasteiger partial charge is 0.459 e. The second-order valence-electron chi connectivity index (χ2n) is 6.66. The molecule has 0 unspecified atom stereocenters. The van der Waals surface area contributed by atoms with E-state index < -0.39 is 0 Å². The number of hydrogen-bond acceptors (Lipinski definition) is 3. The lowest BCUT2D eigenvalue weighted by molar-refractivity contribution is 0.0721. The van der Waals surface area contributed by atoms with Crippen LogP contribution in [0.2, 0.25) is 0 Å². The molecule has 0 saturated heterocycles. The summed E-state index contributed by atoms with van der Waals surface area (Å²) >= 11 is 0. The number of nitrogens with zero attached hydrogens (tertiary/aromatic N) is 3. The number of hydrogen-bond donors (Lipinski definition) is 0. The third-order valence-electron chi connectivity index (χ3n) is 3.97. The molecule has 0 saturated carbocycles. The van der Waals surface area contributed by atoms with Crippen LogP contribution >= 0.6 is 0 Å². The molecule has 0 radical (unpaired) electrons. The first kappa shape index (κ1) is 17.7. The molecular weight excluding hydrogens is 326 g/mol. The molecule has 5 nitrogen and oxygen atoms in total. The zero-order valence-electron chi connectivity index (χ0n) is 15.2. The zero-order chi connectivity index (χ0) is 18.7. The first-order valence-corrected chi connectivity index (χ1v) is 8.51. The summed E-state index contributed by atoms with van der Waals surface area (Å²) in [6.07, 6.45) is 1.50. The van der Waals surface area contributed by atoms with E-state index in [0.717, 1.165) is 28.0 Å². The molecule has 0 aliphatic heterocycles. The fourth-order valence-corrected chi connectivity index (χ4v) is 2.94. The number of carbonyl (C=O) groups is 1. The second kappa shape index (κ2) is 7.44. The summed E-state index contributed by atoms with van der Waals surface area (Å²) in [6, 6.07) is 11.3. The standard InChI is InChI=1S/C21H23N3O2/c1-15(2)12-23(21(25)19-10-7-11-26-19)14-20-22-17-8-5-6-9-18(17)24(20)13-16(3)4/h5-11H,1,3,12-14H2,2,4H3. The summed E-state index contributed by atoms with van der Waals surface area (Å²) in [7, 11) is 0. The maximum absolute atomic E-state index is 12.8. The Morgan fingerprint density at radius 1 is 1.15 bits per heavy atom. The van der Waals surface area contributed by atoms with Gasteiger partial charge in [-0.1, -0.05) is 36.4 Å². The highest BCUT2D eigenvalue weighted by molar-refractivity contribution is 5.91. The van der Waals surface area contributed by atoms with Gasteiger partial charge in [0.25, 0.3) is 5.91 Å². The van der Waals surface area contributed by atoms with E-state index in [4.69, 9.17) is 9.40 Å². The molecule has 0 fully saturated rings. The molecule has 3 aromatic rings. The molecule has 0 aliphatic carbocycles. The lowest BCUT2D eigenvalue weighted by Crippen LogP contribution is -2.33. The van der Waals surface area contributed by atoms with E-state index in [0.29, 0.717) is 25.4 Å². The first-order chi connectivity index (χ1) is 12.5. The SMILES string of the molecule is C=C(C)CN(Cc1nc2ccccc2n1CC(=C)C)C(=O)c1ccco1. The van der Waals surface area contributed by atoms with Crippen molar-refractivity contribution in [3.05, 3.63) is 78.6 Å². The number of allylic oxidation sites excluding steroid dienone is 1. The van der Waals surface area contributed by atoms with Crippen LogP contribution in [0, 0.1) is 0 Å². The van der Waals surface area contributed by atoms with Crippen molar-refractivity contribution in [3.8, 4) is 0 Å². The molecule has 1 amide bonds. The lowest BCUT2D eigenvalue weighted by Gasteiger charge is -2.22. The fraction of sp³-hybridized carbons (Fsp3) is 0.238. The van der Waals surface area contributed by atoms with Crippen molar-refractivity contribution in [2.24, 2.45) is 0 Å². The summed E-state index contributed by atoms with van der Waals surface area (Å²) in [5.41, 5.74) is 3.86. The third-order valence-corrected chi connectivity index (χ3v) is 3.97. The van der Waals surface area contributed by atoms with E-state index in [1.54, 1.807) is 17.0 Å². The third kappa shape index (κ3) is 3.77. The molecular formula is C21H23N3O2. The van der Waals surface area contributed by atoms with Crippen LogP contribution in [0.3, 0.4) is 0 Å². The Hall–Kier alpha value is -3.08. The van der Waals surface area contributed by atoms with Gasteiger partial charge in [0.15, 0.2) is 5.76 Å². The summed E-state index contributed by atoms with van der Waals surface area (Å²) in [6.45, 7) is 13.3. The van der Waals surface area contributed by atoms with Gasteiger partial charge in [-0.2, -0.15) is 0 Å². The van der Waals surface area contributed by atoms with Crippen molar-refractivity contribution in [3.63, 3.8) is 0 Å². The Morgan fingerprint density at radius 2 is 1.92 bits per heavy atom. The molecule has 3 rings (SSSR count). The Labute approximate surface area is 153 Å². The van der Waals surface area contributed by atoms with E-state index in [-0.39, 0.29) is 5.91 Å². The average molecular weight is 349 g/mol. The number of aromatic nitrogens is 2. The number of rotatable bonds is 7. The molecule has 0 bridgehead atoms. The number of furan rings is 1. The predicted molar refractivity (Wildman–Crippen MR) is 103 cm³/mol. The van der Waals surface area contributed by atoms with Gasteiger partial charge in [0.05, 0.1) is 23.8 Å². The van der Waals surface area contributed by atoms with Crippen LogP contribution in [0.5, 0.6) is 0 Å². The van der Waals surface area contributed by atoms with Crippen molar-refractivity contribution in [2.45, 2.75) is 26.9 Å². The molecule has 0 N–H and O–H groups in total. The molecule has 0 aliphatic rings. The Balaban J connectivity index is 1.99. The highest BCUT2D eigenvalue weighted by atomic mass is 16.3. The van der Waals surface area contributed by atoms with Crippen molar-refractivity contribution in [1.82, 2.24) is 14.5 Å².